The Morgan fingerprint density at radius 1 is 1.19 bits per heavy atom. The molecule has 1 aliphatic heterocycles. The summed E-state index contributed by atoms with van der Waals surface area (Å²) in [5.74, 6) is 0.841. The highest BCUT2D eigenvalue weighted by Gasteiger charge is 2.17. The molecule has 88 valence electrons. The van der Waals surface area contributed by atoms with E-state index in [1.807, 2.05) is 12.4 Å². The molecule has 0 spiro atoms. The second-order valence-corrected chi connectivity index (χ2v) is 5.06. The van der Waals surface area contributed by atoms with Crippen molar-refractivity contribution in [3.8, 4) is 0 Å². The molecule has 0 bridgehead atoms. The van der Waals surface area contributed by atoms with Crippen LogP contribution in [0.3, 0.4) is 0 Å². The Morgan fingerprint density at radius 3 is 2.38 bits per heavy atom. The molecule has 0 aliphatic carbocycles. The van der Waals surface area contributed by atoms with E-state index in [4.69, 9.17) is 5.73 Å². The zero-order valence-corrected chi connectivity index (χ0v) is 11.3. The van der Waals surface area contributed by atoms with Crippen molar-refractivity contribution in [1.29, 1.82) is 0 Å². The summed E-state index contributed by atoms with van der Waals surface area (Å²) < 4.78 is 1.07. The molecule has 2 rings (SSSR count). The first-order valence-corrected chi connectivity index (χ1v) is 6.52. The third kappa shape index (κ3) is 3.02. The fourth-order valence-electron chi connectivity index (χ4n) is 1.82. The normalized spacial score (nSPS) is 17.8. The number of hydrogen-bond donors (Lipinski definition) is 1. The van der Waals surface area contributed by atoms with Crippen LogP contribution in [0.15, 0.2) is 12.4 Å². The predicted molar refractivity (Wildman–Crippen MR) is 72.5 cm³/mol. The smallest absolute Gasteiger partial charge is 0.225 e. The molecular formula is C10H16IN5. The summed E-state index contributed by atoms with van der Waals surface area (Å²) in [5.41, 5.74) is 5.54. The van der Waals surface area contributed by atoms with Crippen LogP contribution >= 0.6 is 22.6 Å². The van der Waals surface area contributed by atoms with Gasteiger partial charge in [-0.15, -0.1) is 0 Å². The average molecular weight is 333 g/mol. The lowest BCUT2D eigenvalue weighted by Gasteiger charge is -2.34. The van der Waals surface area contributed by atoms with Crippen LogP contribution in [0.25, 0.3) is 0 Å². The van der Waals surface area contributed by atoms with E-state index < -0.39 is 0 Å². The van der Waals surface area contributed by atoms with Crippen molar-refractivity contribution in [1.82, 2.24) is 14.9 Å². The number of piperazine rings is 1. The second kappa shape index (κ2) is 5.74. The first-order chi connectivity index (χ1) is 7.79. The summed E-state index contributed by atoms with van der Waals surface area (Å²) in [6, 6.07) is 0. The maximum atomic E-state index is 5.54. The van der Waals surface area contributed by atoms with Gasteiger partial charge in [0.25, 0.3) is 0 Å². The van der Waals surface area contributed by atoms with Crippen molar-refractivity contribution in [3.63, 3.8) is 0 Å². The van der Waals surface area contributed by atoms with Crippen molar-refractivity contribution < 1.29 is 0 Å². The zero-order chi connectivity index (χ0) is 11.4. The van der Waals surface area contributed by atoms with Crippen molar-refractivity contribution in [2.75, 3.05) is 44.2 Å². The van der Waals surface area contributed by atoms with Crippen LogP contribution in [0.4, 0.5) is 5.95 Å². The lowest BCUT2D eigenvalue weighted by Crippen LogP contribution is -2.48. The highest BCUT2D eigenvalue weighted by atomic mass is 127. The molecule has 6 heteroatoms. The molecule has 2 heterocycles. The highest BCUT2D eigenvalue weighted by molar-refractivity contribution is 14.1. The molecule has 16 heavy (non-hydrogen) atoms. The van der Waals surface area contributed by atoms with Gasteiger partial charge in [-0.25, -0.2) is 9.97 Å². The number of halogens is 1. The van der Waals surface area contributed by atoms with Gasteiger partial charge in [0.2, 0.25) is 5.95 Å². The standard InChI is InChI=1S/C10H16IN5/c11-9-7-13-10(14-8-9)16-5-3-15(2-1-12)4-6-16/h7-8H,1-6,12H2. The van der Waals surface area contributed by atoms with Gasteiger partial charge in [-0.1, -0.05) is 0 Å². The van der Waals surface area contributed by atoms with Gasteiger partial charge in [0.05, 0.1) is 0 Å². The van der Waals surface area contributed by atoms with Gasteiger partial charge in [-0.3, -0.25) is 4.90 Å². The summed E-state index contributed by atoms with van der Waals surface area (Å²) >= 11 is 2.22. The van der Waals surface area contributed by atoms with Crippen molar-refractivity contribution >= 4 is 28.5 Å². The van der Waals surface area contributed by atoms with Gasteiger partial charge >= 0.3 is 0 Å². The topological polar surface area (TPSA) is 58.3 Å². The van der Waals surface area contributed by atoms with E-state index in [0.717, 1.165) is 48.8 Å². The van der Waals surface area contributed by atoms with E-state index in [0.29, 0.717) is 0 Å². The Labute approximate surface area is 109 Å². The minimum Gasteiger partial charge on any atom is -0.338 e. The van der Waals surface area contributed by atoms with Gasteiger partial charge in [0, 0.05) is 55.2 Å². The summed E-state index contributed by atoms with van der Waals surface area (Å²) in [6.45, 7) is 5.79. The van der Waals surface area contributed by atoms with E-state index in [1.165, 1.54) is 0 Å². The molecule has 0 saturated carbocycles. The van der Waals surface area contributed by atoms with Crippen LogP contribution in [0.5, 0.6) is 0 Å². The Morgan fingerprint density at radius 2 is 1.81 bits per heavy atom. The van der Waals surface area contributed by atoms with Gasteiger partial charge in [-0.2, -0.15) is 0 Å². The van der Waals surface area contributed by atoms with Gasteiger partial charge in [-0.05, 0) is 22.6 Å². The van der Waals surface area contributed by atoms with Crippen molar-refractivity contribution in [3.05, 3.63) is 16.0 Å². The number of nitrogens with two attached hydrogens (primary N) is 1. The minimum atomic E-state index is 0.736. The van der Waals surface area contributed by atoms with Crippen LogP contribution in [0, 0.1) is 3.57 Å². The third-order valence-electron chi connectivity index (χ3n) is 2.71. The van der Waals surface area contributed by atoms with Crippen LogP contribution in [0.1, 0.15) is 0 Å². The molecule has 1 aromatic heterocycles. The maximum absolute atomic E-state index is 5.54. The van der Waals surface area contributed by atoms with Crippen LogP contribution < -0.4 is 10.6 Å². The average Bonchev–Trinajstić information content (AvgIpc) is 2.32. The second-order valence-electron chi connectivity index (χ2n) is 3.82. The van der Waals surface area contributed by atoms with Crippen LogP contribution in [0.2, 0.25) is 0 Å². The first-order valence-electron chi connectivity index (χ1n) is 5.44. The van der Waals surface area contributed by atoms with E-state index >= 15 is 0 Å². The molecule has 0 unspecified atom stereocenters. The summed E-state index contributed by atoms with van der Waals surface area (Å²) in [5, 5.41) is 0. The SMILES string of the molecule is NCCN1CCN(c2ncc(I)cn2)CC1. The zero-order valence-electron chi connectivity index (χ0n) is 9.14. The molecule has 1 saturated heterocycles. The van der Waals surface area contributed by atoms with Gasteiger partial charge in [0.15, 0.2) is 0 Å². The molecule has 2 N–H and O–H groups in total. The third-order valence-corrected chi connectivity index (χ3v) is 3.26. The largest absolute Gasteiger partial charge is 0.338 e. The minimum absolute atomic E-state index is 0.736. The molecule has 0 radical (unpaired) electrons. The Hall–Kier alpha value is -0.470. The molecular weight excluding hydrogens is 317 g/mol. The van der Waals surface area contributed by atoms with E-state index in [9.17, 15) is 0 Å². The summed E-state index contributed by atoms with van der Waals surface area (Å²) in [7, 11) is 0. The quantitative estimate of drug-likeness (QED) is 0.799. The molecule has 0 amide bonds. The lowest BCUT2D eigenvalue weighted by atomic mass is 10.3. The van der Waals surface area contributed by atoms with E-state index in [2.05, 4.69) is 42.4 Å². The number of hydrogen-bond acceptors (Lipinski definition) is 5. The van der Waals surface area contributed by atoms with Gasteiger partial charge < -0.3 is 10.6 Å². The van der Waals surface area contributed by atoms with E-state index in [1.54, 1.807) is 0 Å². The maximum Gasteiger partial charge on any atom is 0.225 e. The molecule has 1 aromatic rings. The monoisotopic (exact) mass is 333 g/mol. The summed E-state index contributed by atoms with van der Waals surface area (Å²) in [6.07, 6.45) is 3.71. The molecule has 1 aliphatic rings. The van der Waals surface area contributed by atoms with Crippen molar-refractivity contribution in [2.24, 2.45) is 5.73 Å². The molecule has 5 nitrogen and oxygen atoms in total. The Kier molecular flexibility index (Phi) is 4.30. The van der Waals surface area contributed by atoms with Crippen LogP contribution in [-0.4, -0.2) is 54.1 Å². The molecule has 1 fully saturated rings. The first kappa shape index (κ1) is 12.0. The number of anilines is 1. The van der Waals surface area contributed by atoms with Gasteiger partial charge in [0.1, 0.15) is 0 Å². The number of aromatic nitrogens is 2. The Bertz CT molecular complexity index is 320. The number of rotatable bonds is 3. The fraction of sp³-hybridized carbons (Fsp3) is 0.600. The lowest BCUT2D eigenvalue weighted by molar-refractivity contribution is 0.263. The van der Waals surface area contributed by atoms with Crippen molar-refractivity contribution in [2.45, 2.75) is 0 Å². The molecule has 0 atom stereocenters. The fourth-order valence-corrected chi connectivity index (χ4v) is 2.10. The molecule has 0 aromatic carbocycles. The van der Waals surface area contributed by atoms with E-state index in [-0.39, 0.29) is 0 Å². The number of nitrogens with zero attached hydrogens (tertiary/aromatic N) is 4. The Balaban J connectivity index is 1.91. The van der Waals surface area contributed by atoms with Crippen LogP contribution in [-0.2, 0) is 0 Å². The summed E-state index contributed by atoms with van der Waals surface area (Å²) in [4.78, 5) is 13.3. The highest BCUT2D eigenvalue weighted by Crippen LogP contribution is 2.11. The predicted octanol–water partition coefficient (Wildman–Crippen LogP) is 0.162.